The number of anilines is 1. The Balaban J connectivity index is 2.30. The molecule has 0 radical (unpaired) electrons. The molecule has 0 amide bonds. The highest BCUT2D eigenvalue weighted by Crippen LogP contribution is 2.12. The summed E-state index contributed by atoms with van der Waals surface area (Å²) in [7, 11) is -3.84. The molecule has 9 heteroatoms. The van der Waals surface area contributed by atoms with Crippen LogP contribution >= 0.6 is 0 Å². The number of nitrogens with one attached hydrogen (secondary N) is 1. The number of sulfonamides is 1. The summed E-state index contributed by atoms with van der Waals surface area (Å²) in [4.78, 5) is 23.7. The Morgan fingerprint density at radius 1 is 1.24 bits per heavy atom. The van der Waals surface area contributed by atoms with Crippen LogP contribution in [0.1, 0.15) is 18.7 Å². The number of rotatable bonds is 8. The van der Waals surface area contributed by atoms with E-state index in [4.69, 9.17) is 4.74 Å². The van der Waals surface area contributed by atoms with Crippen molar-refractivity contribution >= 4 is 21.7 Å². The van der Waals surface area contributed by atoms with E-state index in [-0.39, 0.29) is 18.0 Å². The van der Waals surface area contributed by atoms with Crippen molar-refractivity contribution in [2.45, 2.75) is 18.9 Å². The minimum absolute atomic E-state index is 0.0768. The average Bonchev–Trinajstić information content (AvgIpc) is 2.55. The Labute approximate surface area is 144 Å². The lowest BCUT2D eigenvalue weighted by Gasteiger charge is -2.16. The van der Waals surface area contributed by atoms with Gasteiger partial charge in [-0.15, -0.1) is 0 Å². The molecule has 1 atom stereocenters. The Hall–Kier alpha value is -2.65. The second-order valence-corrected chi connectivity index (χ2v) is 6.85. The van der Waals surface area contributed by atoms with Gasteiger partial charge in [0.15, 0.2) is 0 Å². The lowest BCUT2D eigenvalue weighted by molar-refractivity contribution is -0.157. The summed E-state index contributed by atoms with van der Waals surface area (Å²) < 4.78 is 32.6. The van der Waals surface area contributed by atoms with Gasteiger partial charge in [-0.1, -0.05) is 30.3 Å². The van der Waals surface area contributed by atoms with E-state index >= 15 is 0 Å². The van der Waals surface area contributed by atoms with E-state index in [1.165, 1.54) is 18.3 Å². The van der Waals surface area contributed by atoms with E-state index in [0.717, 1.165) is 4.57 Å². The molecule has 0 saturated carbocycles. The van der Waals surface area contributed by atoms with E-state index in [1.54, 1.807) is 37.3 Å². The minimum Gasteiger partial charge on any atom is -0.478 e. The topological polar surface area (TPSA) is 115 Å². The molecule has 1 heterocycles. The number of carboxylic acid groups (broad SMARTS) is 1. The Morgan fingerprint density at radius 2 is 1.92 bits per heavy atom. The van der Waals surface area contributed by atoms with Crippen LogP contribution in [0.3, 0.4) is 0 Å². The number of ether oxygens (including phenoxy) is 1. The normalized spacial score (nSPS) is 12.5. The molecule has 2 N–H and O–H groups in total. The van der Waals surface area contributed by atoms with Crippen LogP contribution < -0.4 is 10.3 Å². The molecule has 2 aromatic rings. The molecular formula is C16H18N2O6S. The molecule has 0 aliphatic rings. The number of hydrogen-bond donors (Lipinski definition) is 2. The van der Waals surface area contributed by atoms with Gasteiger partial charge in [0.1, 0.15) is 5.69 Å². The third-order valence-corrected chi connectivity index (χ3v) is 4.47. The quantitative estimate of drug-likeness (QED) is 0.730. The van der Waals surface area contributed by atoms with Gasteiger partial charge in [0.25, 0.3) is 5.56 Å². The summed E-state index contributed by atoms with van der Waals surface area (Å²) in [6, 6.07) is 11.1. The largest absolute Gasteiger partial charge is 0.478 e. The van der Waals surface area contributed by atoms with Gasteiger partial charge >= 0.3 is 5.97 Å². The van der Waals surface area contributed by atoms with E-state index in [0.29, 0.717) is 5.56 Å². The zero-order valence-electron chi connectivity index (χ0n) is 13.5. The van der Waals surface area contributed by atoms with Gasteiger partial charge in [0.2, 0.25) is 16.3 Å². The first kappa shape index (κ1) is 18.7. The maximum absolute atomic E-state index is 12.4. The Bertz CT molecular complexity index is 892. The highest BCUT2D eigenvalue weighted by molar-refractivity contribution is 7.91. The number of carboxylic acids is 1. The van der Waals surface area contributed by atoms with Crippen LogP contribution in [0.5, 0.6) is 0 Å². The Kier molecular flexibility index (Phi) is 5.94. The molecule has 0 bridgehead atoms. The molecule has 0 saturated heterocycles. The smallest absolute Gasteiger partial charge is 0.354 e. The fourth-order valence-electron chi connectivity index (χ4n) is 2.20. The Morgan fingerprint density at radius 3 is 2.52 bits per heavy atom. The van der Waals surface area contributed by atoms with Gasteiger partial charge in [-0.2, -0.15) is 0 Å². The number of pyridine rings is 1. The van der Waals surface area contributed by atoms with Crippen LogP contribution in [0.4, 0.5) is 5.69 Å². The van der Waals surface area contributed by atoms with E-state index < -0.39 is 27.8 Å². The maximum atomic E-state index is 12.4. The molecule has 2 rings (SSSR count). The minimum atomic E-state index is -3.84. The summed E-state index contributed by atoms with van der Waals surface area (Å²) in [6.07, 6.45) is -0.303. The van der Waals surface area contributed by atoms with E-state index in [2.05, 4.69) is 4.72 Å². The van der Waals surface area contributed by atoms with Crippen molar-refractivity contribution in [2.24, 2.45) is 0 Å². The molecule has 134 valence electrons. The van der Waals surface area contributed by atoms with Gasteiger partial charge in [0.05, 0.1) is 5.75 Å². The second-order valence-electron chi connectivity index (χ2n) is 5.13. The molecule has 0 spiro atoms. The fraction of sp³-hybridized carbons (Fsp3) is 0.250. The zero-order valence-corrected chi connectivity index (χ0v) is 14.3. The molecular weight excluding hydrogens is 348 g/mol. The number of carbonyl (C=O) groups is 1. The van der Waals surface area contributed by atoms with Crippen molar-refractivity contribution < 1.29 is 23.1 Å². The zero-order chi connectivity index (χ0) is 18.4. The maximum Gasteiger partial charge on any atom is 0.354 e. The van der Waals surface area contributed by atoms with Crippen molar-refractivity contribution in [1.29, 1.82) is 0 Å². The van der Waals surface area contributed by atoms with Crippen LogP contribution in [0.15, 0.2) is 53.5 Å². The third kappa shape index (κ3) is 4.91. The van der Waals surface area contributed by atoms with Crippen LogP contribution in [0, 0.1) is 0 Å². The first-order valence-electron chi connectivity index (χ1n) is 7.44. The van der Waals surface area contributed by atoms with Crippen molar-refractivity contribution in [2.75, 3.05) is 11.3 Å². The summed E-state index contributed by atoms with van der Waals surface area (Å²) >= 11 is 0. The summed E-state index contributed by atoms with van der Waals surface area (Å²) in [5, 5.41) is 9.18. The van der Waals surface area contributed by atoms with Crippen LogP contribution in [0.25, 0.3) is 0 Å². The summed E-state index contributed by atoms with van der Waals surface area (Å²) in [5.41, 5.74) is -0.492. The van der Waals surface area contributed by atoms with Crippen molar-refractivity contribution in [3.63, 3.8) is 0 Å². The molecule has 25 heavy (non-hydrogen) atoms. The number of aromatic nitrogens is 1. The van der Waals surface area contributed by atoms with Crippen molar-refractivity contribution in [3.05, 3.63) is 64.6 Å². The average molecular weight is 366 g/mol. The molecule has 8 nitrogen and oxygen atoms in total. The molecule has 0 aliphatic carbocycles. The van der Waals surface area contributed by atoms with Crippen LogP contribution in [-0.4, -0.2) is 30.7 Å². The summed E-state index contributed by atoms with van der Waals surface area (Å²) in [6.45, 7) is 1.67. The van der Waals surface area contributed by atoms with Gasteiger partial charge in [-0.3, -0.25) is 14.1 Å². The first-order valence-corrected chi connectivity index (χ1v) is 9.09. The second kappa shape index (κ2) is 7.95. The van der Waals surface area contributed by atoms with Crippen molar-refractivity contribution in [1.82, 2.24) is 4.57 Å². The van der Waals surface area contributed by atoms with Crippen LogP contribution in [-0.2, 0) is 25.3 Å². The number of hydrogen-bond acceptors (Lipinski definition) is 5. The molecule has 1 aromatic carbocycles. The van der Waals surface area contributed by atoms with E-state index in [1.807, 2.05) is 0 Å². The molecule has 0 fully saturated rings. The number of benzene rings is 1. The van der Waals surface area contributed by atoms with Gasteiger partial charge in [-0.05, 0) is 24.6 Å². The number of aliphatic carboxylic acids is 1. The number of nitrogens with zero attached hydrogens (tertiary/aromatic N) is 1. The van der Waals surface area contributed by atoms with E-state index in [9.17, 15) is 23.1 Å². The van der Waals surface area contributed by atoms with Gasteiger partial charge in [-0.25, -0.2) is 13.2 Å². The van der Waals surface area contributed by atoms with Crippen LogP contribution in [0.2, 0.25) is 0 Å². The predicted octanol–water partition coefficient (Wildman–Crippen LogP) is 1.41. The first-order chi connectivity index (χ1) is 11.8. The van der Waals surface area contributed by atoms with Gasteiger partial charge < -0.3 is 9.84 Å². The highest BCUT2D eigenvalue weighted by Gasteiger charge is 2.23. The lowest BCUT2D eigenvalue weighted by Crippen LogP contribution is -2.33. The van der Waals surface area contributed by atoms with Gasteiger partial charge in [0, 0.05) is 12.8 Å². The molecule has 0 aliphatic heterocycles. The molecule has 1 unspecified atom stereocenters. The SMILES string of the molecule is CCOC(C(=O)O)n1cccc(NS(=O)(=O)Cc2ccccc2)c1=O. The standard InChI is InChI=1S/C16H18N2O6S/c1-2-24-15(16(20)21)18-10-6-9-13(14(18)19)17-25(22,23)11-12-7-4-3-5-8-12/h3-10,15,17H,2,11H2,1H3,(H,20,21). The predicted molar refractivity (Wildman–Crippen MR) is 91.7 cm³/mol. The summed E-state index contributed by atoms with van der Waals surface area (Å²) in [5.74, 6) is -1.66. The molecule has 1 aromatic heterocycles. The third-order valence-electron chi connectivity index (χ3n) is 3.23. The van der Waals surface area contributed by atoms with Crippen molar-refractivity contribution in [3.8, 4) is 0 Å². The monoisotopic (exact) mass is 366 g/mol. The fourth-order valence-corrected chi connectivity index (χ4v) is 3.39. The highest BCUT2D eigenvalue weighted by atomic mass is 32.2. The lowest BCUT2D eigenvalue weighted by atomic mass is 10.2.